The number of allylic oxidation sites excluding steroid dienone is 2. The van der Waals surface area contributed by atoms with Crippen LogP contribution in [0, 0.1) is 0 Å². The van der Waals surface area contributed by atoms with Crippen LogP contribution in [0.1, 0.15) is 117 Å². The zero-order chi connectivity index (χ0) is 19.1. The highest BCUT2D eigenvalue weighted by molar-refractivity contribution is 5.79. The quantitative estimate of drug-likeness (QED) is 0.255. The molecule has 1 N–H and O–H groups in total. The SMILES string of the molecule is CCCCCCCC/C=C\CCCCCCCCN1C(=O)CCC1(C)O. The summed E-state index contributed by atoms with van der Waals surface area (Å²) >= 11 is 0. The fourth-order valence-electron chi connectivity index (χ4n) is 3.77. The minimum atomic E-state index is -0.904. The second-order valence-corrected chi connectivity index (χ2v) is 8.20. The number of aliphatic hydroxyl groups is 1. The van der Waals surface area contributed by atoms with E-state index in [1.54, 1.807) is 11.8 Å². The summed E-state index contributed by atoms with van der Waals surface area (Å²) < 4.78 is 0. The zero-order valence-corrected chi connectivity index (χ0v) is 17.5. The Morgan fingerprint density at radius 1 is 0.885 bits per heavy atom. The highest BCUT2D eigenvalue weighted by Crippen LogP contribution is 2.27. The molecule has 0 aromatic heterocycles. The van der Waals surface area contributed by atoms with E-state index in [0.717, 1.165) is 12.8 Å². The number of hydrogen-bond acceptors (Lipinski definition) is 2. The van der Waals surface area contributed by atoms with Crippen LogP contribution in [0.4, 0.5) is 0 Å². The lowest BCUT2D eigenvalue weighted by Gasteiger charge is -2.30. The van der Waals surface area contributed by atoms with Crippen molar-refractivity contribution in [3.63, 3.8) is 0 Å². The van der Waals surface area contributed by atoms with Gasteiger partial charge in [0.2, 0.25) is 5.91 Å². The molecule has 3 nitrogen and oxygen atoms in total. The number of likely N-dealkylation sites (tertiary alicyclic amines) is 1. The highest BCUT2D eigenvalue weighted by atomic mass is 16.3. The average molecular weight is 366 g/mol. The number of unbranched alkanes of at least 4 members (excludes halogenated alkanes) is 12. The maximum Gasteiger partial charge on any atom is 0.224 e. The van der Waals surface area contributed by atoms with Crippen LogP contribution in [0.25, 0.3) is 0 Å². The van der Waals surface area contributed by atoms with E-state index in [2.05, 4.69) is 19.1 Å². The van der Waals surface area contributed by atoms with Crippen molar-refractivity contribution in [2.45, 2.75) is 122 Å². The Bertz CT molecular complexity index is 390. The minimum absolute atomic E-state index is 0.114. The highest BCUT2D eigenvalue weighted by Gasteiger charge is 2.38. The van der Waals surface area contributed by atoms with Gasteiger partial charge in [-0.25, -0.2) is 0 Å². The Balaban J connectivity index is 1.83. The Kier molecular flexibility index (Phi) is 12.7. The third kappa shape index (κ3) is 10.4. The summed E-state index contributed by atoms with van der Waals surface area (Å²) in [5.41, 5.74) is -0.904. The van der Waals surface area contributed by atoms with Crippen LogP contribution < -0.4 is 0 Å². The second-order valence-electron chi connectivity index (χ2n) is 8.20. The molecule has 1 unspecified atom stereocenters. The molecular weight excluding hydrogens is 322 g/mol. The van der Waals surface area contributed by atoms with Crippen molar-refractivity contribution in [2.75, 3.05) is 6.54 Å². The molecule has 0 aliphatic carbocycles. The summed E-state index contributed by atoms with van der Waals surface area (Å²) in [5, 5.41) is 10.1. The Morgan fingerprint density at radius 3 is 1.88 bits per heavy atom. The van der Waals surface area contributed by atoms with Crippen molar-refractivity contribution < 1.29 is 9.90 Å². The molecule has 26 heavy (non-hydrogen) atoms. The first-order valence-corrected chi connectivity index (χ1v) is 11.3. The third-order valence-electron chi connectivity index (χ3n) is 5.59. The van der Waals surface area contributed by atoms with Crippen LogP contribution in [0.15, 0.2) is 12.2 Å². The van der Waals surface area contributed by atoms with Crippen molar-refractivity contribution in [3.8, 4) is 0 Å². The van der Waals surface area contributed by atoms with E-state index >= 15 is 0 Å². The van der Waals surface area contributed by atoms with Gasteiger partial charge in [0.05, 0.1) is 0 Å². The predicted octanol–water partition coefficient (Wildman–Crippen LogP) is 6.35. The van der Waals surface area contributed by atoms with E-state index in [9.17, 15) is 9.90 Å². The van der Waals surface area contributed by atoms with Crippen LogP contribution in [-0.2, 0) is 4.79 Å². The van der Waals surface area contributed by atoms with E-state index in [-0.39, 0.29) is 5.91 Å². The Labute approximate surface area is 162 Å². The predicted molar refractivity (Wildman–Crippen MR) is 111 cm³/mol. The molecule has 0 aromatic rings. The summed E-state index contributed by atoms with van der Waals surface area (Å²) in [6.07, 6.45) is 23.9. The molecule has 152 valence electrons. The summed E-state index contributed by atoms with van der Waals surface area (Å²) in [6, 6.07) is 0. The lowest BCUT2D eigenvalue weighted by molar-refractivity contribution is -0.142. The molecule has 1 aliphatic rings. The van der Waals surface area contributed by atoms with E-state index in [1.165, 1.54) is 77.0 Å². The number of hydrogen-bond donors (Lipinski definition) is 1. The van der Waals surface area contributed by atoms with E-state index in [4.69, 9.17) is 0 Å². The molecule has 1 rings (SSSR count). The number of amides is 1. The van der Waals surface area contributed by atoms with E-state index in [0.29, 0.717) is 19.4 Å². The maximum atomic E-state index is 11.7. The van der Waals surface area contributed by atoms with Gasteiger partial charge in [0.25, 0.3) is 0 Å². The molecule has 1 saturated heterocycles. The van der Waals surface area contributed by atoms with Crippen LogP contribution in [0.2, 0.25) is 0 Å². The van der Waals surface area contributed by atoms with Gasteiger partial charge in [-0.1, -0.05) is 76.9 Å². The monoisotopic (exact) mass is 365 g/mol. The van der Waals surface area contributed by atoms with Crippen molar-refractivity contribution in [1.29, 1.82) is 0 Å². The molecule has 1 aliphatic heterocycles. The van der Waals surface area contributed by atoms with Crippen molar-refractivity contribution in [1.82, 2.24) is 4.90 Å². The van der Waals surface area contributed by atoms with Crippen LogP contribution in [0.3, 0.4) is 0 Å². The molecule has 0 radical (unpaired) electrons. The maximum absolute atomic E-state index is 11.7. The topological polar surface area (TPSA) is 40.5 Å². The molecule has 0 saturated carbocycles. The first kappa shape index (κ1) is 23.2. The van der Waals surface area contributed by atoms with Crippen molar-refractivity contribution in [2.24, 2.45) is 0 Å². The van der Waals surface area contributed by atoms with Gasteiger partial charge >= 0.3 is 0 Å². The fraction of sp³-hybridized carbons (Fsp3) is 0.870. The van der Waals surface area contributed by atoms with Gasteiger partial charge in [-0.3, -0.25) is 4.79 Å². The smallest absolute Gasteiger partial charge is 0.224 e. The van der Waals surface area contributed by atoms with Crippen molar-refractivity contribution >= 4 is 5.91 Å². The summed E-state index contributed by atoms with van der Waals surface area (Å²) in [6.45, 7) is 4.75. The molecule has 1 heterocycles. The van der Waals surface area contributed by atoms with Crippen LogP contribution in [0.5, 0.6) is 0 Å². The van der Waals surface area contributed by atoms with Crippen molar-refractivity contribution in [3.05, 3.63) is 12.2 Å². The van der Waals surface area contributed by atoms with Gasteiger partial charge < -0.3 is 10.0 Å². The molecular formula is C23H43NO2. The molecule has 0 spiro atoms. The molecule has 1 atom stereocenters. The van der Waals surface area contributed by atoms with Gasteiger partial charge in [-0.15, -0.1) is 0 Å². The Morgan fingerprint density at radius 2 is 1.38 bits per heavy atom. The van der Waals surface area contributed by atoms with Crippen LogP contribution >= 0.6 is 0 Å². The van der Waals surface area contributed by atoms with Gasteiger partial charge in [0.15, 0.2) is 0 Å². The van der Waals surface area contributed by atoms with E-state index in [1.807, 2.05) is 0 Å². The summed E-state index contributed by atoms with van der Waals surface area (Å²) in [4.78, 5) is 13.4. The van der Waals surface area contributed by atoms with E-state index < -0.39 is 5.72 Å². The van der Waals surface area contributed by atoms with Gasteiger partial charge in [-0.2, -0.15) is 0 Å². The van der Waals surface area contributed by atoms with Gasteiger partial charge in [-0.05, 0) is 39.0 Å². The standard InChI is InChI=1S/C23H43NO2/c1-3-4-5-6-7-8-9-10-11-12-13-14-15-16-17-18-21-24-22(25)19-20-23(24,2)26/h10-11,26H,3-9,12-21H2,1-2H3/b11-10-. The number of rotatable bonds is 16. The first-order valence-electron chi connectivity index (χ1n) is 11.3. The zero-order valence-electron chi connectivity index (χ0n) is 17.5. The second kappa shape index (κ2) is 14.3. The lowest BCUT2D eigenvalue weighted by Crippen LogP contribution is -2.43. The van der Waals surface area contributed by atoms with Gasteiger partial charge in [0.1, 0.15) is 5.72 Å². The summed E-state index contributed by atoms with van der Waals surface area (Å²) in [5.74, 6) is 0.114. The number of carbonyl (C=O) groups excluding carboxylic acids is 1. The third-order valence-corrected chi connectivity index (χ3v) is 5.59. The summed E-state index contributed by atoms with van der Waals surface area (Å²) in [7, 11) is 0. The number of carbonyl (C=O) groups is 1. The van der Waals surface area contributed by atoms with Crippen LogP contribution in [-0.4, -0.2) is 28.2 Å². The molecule has 0 aromatic carbocycles. The first-order chi connectivity index (χ1) is 12.6. The van der Waals surface area contributed by atoms with Gasteiger partial charge in [0, 0.05) is 19.4 Å². The average Bonchev–Trinajstić information content (AvgIpc) is 2.87. The lowest BCUT2D eigenvalue weighted by atomic mass is 10.1. The normalized spacial score (nSPS) is 20.6. The Hall–Kier alpha value is -0.830. The molecule has 3 heteroatoms. The largest absolute Gasteiger partial charge is 0.371 e. The molecule has 1 fully saturated rings. The minimum Gasteiger partial charge on any atom is -0.371 e. The number of nitrogens with zero attached hydrogens (tertiary/aromatic N) is 1. The molecule has 1 amide bonds. The fourth-order valence-corrected chi connectivity index (χ4v) is 3.77. The molecule has 0 bridgehead atoms.